The van der Waals surface area contributed by atoms with Crippen molar-refractivity contribution in [2.45, 2.75) is 13.8 Å². The Kier molecular flexibility index (Phi) is 3.57. The number of hydrogen-bond acceptors (Lipinski definition) is 0. The second-order valence-electron chi connectivity index (χ2n) is 2.81. The molecule has 1 aromatic carbocycles. The average Bonchev–Trinajstić information content (AvgIpc) is 2.17. The molecule has 64 valence electrons. The first-order valence-corrected chi connectivity index (χ1v) is 6.97. The van der Waals surface area contributed by atoms with E-state index in [2.05, 4.69) is 25.1 Å². The first kappa shape index (κ1) is 9.55. The Morgan fingerprint density at radius 1 is 1.33 bits per heavy atom. The van der Waals surface area contributed by atoms with Crippen LogP contribution in [0.5, 0.6) is 0 Å². The van der Waals surface area contributed by atoms with Gasteiger partial charge >= 0.3 is 0 Å². The largest absolute Gasteiger partial charge is 0.197 e. The molecule has 12 heavy (non-hydrogen) atoms. The lowest BCUT2D eigenvalue weighted by atomic mass is 10.4. The Morgan fingerprint density at radius 3 is 2.42 bits per heavy atom. The molecule has 0 spiro atoms. The predicted octanol–water partition coefficient (Wildman–Crippen LogP) is 2.36. The highest BCUT2D eigenvalue weighted by Gasteiger charge is 2.10. The van der Waals surface area contributed by atoms with E-state index < -0.39 is 8.11 Å². The maximum atomic E-state index is 6.33. The number of rotatable bonds is 2. The molecule has 0 amide bonds. The van der Waals surface area contributed by atoms with Crippen molar-refractivity contribution >= 4 is 24.4 Å². The van der Waals surface area contributed by atoms with E-state index in [1.807, 2.05) is 25.1 Å². The number of benzene rings is 1. The molecular weight excluding hydrogens is 184 g/mol. The number of halogens is 1. The lowest BCUT2D eigenvalue weighted by molar-refractivity contribution is 1.57. The van der Waals surface area contributed by atoms with Gasteiger partial charge in [-0.2, -0.15) is 11.1 Å². The molecule has 0 aromatic heterocycles. The molecule has 0 aliphatic carbocycles. The molecule has 0 aliphatic rings. The summed E-state index contributed by atoms with van der Waals surface area (Å²) < 4.78 is 0. The zero-order valence-corrected chi connectivity index (χ0v) is 9.33. The van der Waals surface area contributed by atoms with Crippen molar-refractivity contribution in [3.63, 3.8) is 0 Å². The van der Waals surface area contributed by atoms with Crippen LogP contribution in [0.3, 0.4) is 0 Å². The average molecular weight is 197 g/mol. The summed E-state index contributed by atoms with van der Waals surface area (Å²) in [5, 5.41) is 2.64. The fraction of sp³-hybridized carbons (Fsp3) is 0.200. The summed E-state index contributed by atoms with van der Waals surface area (Å²) >= 11 is 6.33. The van der Waals surface area contributed by atoms with Crippen LogP contribution in [-0.2, 0) is 0 Å². The molecule has 2 heteroatoms. The molecule has 0 nitrogen and oxygen atoms in total. The molecule has 0 radical (unpaired) electrons. The second-order valence-corrected chi connectivity index (χ2v) is 6.42. The smallest absolute Gasteiger partial charge is 0.160 e. The van der Waals surface area contributed by atoms with E-state index in [-0.39, 0.29) is 0 Å². The molecule has 0 bridgehead atoms. The third-order valence-corrected chi connectivity index (χ3v) is 5.84. The minimum atomic E-state index is -1.32. The Balaban J connectivity index is 2.86. The van der Waals surface area contributed by atoms with Gasteiger partial charge in [-0.3, -0.25) is 0 Å². The molecule has 0 aliphatic heterocycles. The molecule has 0 fully saturated rings. The third-order valence-electron chi connectivity index (χ3n) is 1.95. The summed E-state index contributed by atoms with van der Waals surface area (Å²) in [7, 11) is -1.32. The summed E-state index contributed by atoms with van der Waals surface area (Å²) in [5.41, 5.74) is 0. The monoisotopic (exact) mass is 196 g/mol. The van der Waals surface area contributed by atoms with Crippen LogP contribution in [0.25, 0.3) is 0 Å². The van der Waals surface area contributed by atoms with E-state index in [4.69, 9.17) is 11.1 Å². The Labute approximate surface area is 80.2 Å². The van der Waals surface area contributed by atoms with Gasteiger partial charge < -0.3 is 0 Å². The predicted molar refractivity (Wildman–Crippen MR) is 58.5 cm³/mol. The summed E-state index contributed by atoms with van der Waals surface area (Å²) in [6, 6.07) is 10.3. The van der Waals surface area contributed by atoms with Gasteiger partial charge in [0.25, 0.3) is 0 Å². The van der Waals surface area contributed by atoms with Gasteiger partial charge in [0, 0.05) is 0 Å². The van der Waals surface area contributed by atoms with E-state index in [9.17, 15) is 0 Å². The zero-order valence-electron chi connectivity index (χ0n) is 7.42. The quantitative estimate of drug-likeness (QED) is 0.504. The normalized spacial score (nSPS) is 14.4. The van der Waals surface area contributed by atoms with Gasteiger partial charge in [0.05, 0.1) is 0 Å². The van der Waals surface area contributed by atoms with Crippen LogP contribution in [0.1, 0.15) is 13.8 Å². The van der Waals surface area contributed by atoms with E-state index in [0.717, 1.165) is 0 Å². The van der Waals surface area contributed by atoms with Gasteiger partial charge in [-0.15, -0.1) is 0 Å². The van der Waals surface area contributed by atoms with Crippen molar-refractivity contribution in [2.75, 3.05) is 0 Å². The number of allylic oxidation sites excluding steroid dienone is 2. The Bertz CT molecular complexity index is 266. The van der Waals surface area contributed by atoms with Crippen molar-refractivity contribution in [2.24, 2.45) is 0 Å². The van der Waals surface area contributed by atoms with Crippen LogP contribution < -0.4 is 5.19 Å². The fourth-order valence-corrected chi connectivity index (χ4v) is 3.22. The SMILES string of the molecule is CC=C(C)[SiH](Cl)c1ccccc1. The van der Waals surface area contributed by atoms with E-state index >= 15 is 0 Å². The molecular formula is C10H13ClSi. The van der Waals surface area contributed by atoms with Crippen LogP contribution in [0, 0.1) is 0 Å². The maximum Gasteiger partial charge on any atom is 0.197 e. The Morgan fingerprint density at radius 2 is 1.92 bits per heavy atom. The van der Waals surface area contributed by atoms with Gasteiger partial charge in [-0.25, -0.2) is 0 Å². The van der Waals surface area contributed by atoms with Gasteiger partial charge in [-0.05, 0) is 19.0 Å². The molecule has 1 aromatic rings. The number of hydrogen-bond donors (Lipinski definition) is 0. The zero-order chi connectivity index (χ0) is 8.97. The Hall–Kier alpha value is -0.533. The van der Waals surface area contributed by atoms with Gasteiger partial charge in [0.15, 0.2) is 8.11 Å². The molecule has 0 saturated heterocycles. The lowest BCUT2D eigenvalue weighted by Gasteiger charge is -2.07. The highest BCUT2D eigenvalue weighted by Crippen LogP contribution is 2.04. The van der Waals surface area contributed by atoms with Crippen LogP contribution in [0.4, 0.5) is 0 Å². The molecule has 1 atom stereocenters. The van der Waals surface area contributed by atoms with Crippen molar-refractivity contribution in [3.05, 3.63) is 41.6 Å². The fourth-order valence-electron chi connectivity index (χ4n) is 1.03. The minimum absolute atomic E-state index is 1.30. The second kappa shape index (κ2) is 4.48. The van der Waals surface area contributed by atoms with E-state index in [1.165, 1.54) is 10.4 Å². The summed E-state index contributed by atoms with van der Waals surface area (Å²) in [6.07, 6.45) is 2.11. The summed E-state index contributed by atoms with van der Waals surface area (Å²) in [4.78, 5) is 0. The minimum Gasteiger partial charge on any atom is -0.160 e. The van der Waals surface area contributed by atoms with Gasteiger partial charge in [0.1, 0.15) is 0 Å². The lowest BCUT2D eigenvalue weighted by Crippen LogP contribution is -2.25. The van der Waals surface area contributed by atoms with Crippen molar-refractivity contribution in [3.8, 4) is 0 Å². The van der Waals surface area contributed by atoms with E-state index in [1.54, 1.807) is 0 Å². The van der Waals surface area contributed by atoms with Gasteiger partial charge in [-0.1, -0.05) is 41.6 Å². The van der Waals surface area contributed by atoms with Crippen LogP contribution in [0.15, 0.2) is 41.6 Å². The van der Waals surface area contributed by atoms with E-state index in [0.29, 0.717) is 0 Å². The standard InChI is InChI=1S/C10H13ClSi/c1-3-9(2)12(11)10-7-5-4-6-8-10/h3-8,12H,1-2H3. The first-order chi connectivity index (χ1) is 5.75. The highest BCUT2D eigenvalue weighted by atomic mass is 35.6. The topological polar surface area (TPSA) is 0 Å². The molecule has 0 N–H and O–H groups in total. The molecule has 0 saturated carbocycles. The molecule has 1 rings (SSSR count). The van der Waals surface area contributed by atoms with Gasteiger partial charge in [0.2, 0.25) is 0 Å². The summed E-state index contributed by atoms with van der Waals surface area (Å²) in [5.74, 6) is 0. The highest BCUT2D eigenvalue weighted by molar-refractivity contribution is 7.18. The first-order valence-electron chi connectivity index (χ1n) is 4.07. The van der Waals surface area contributed by atoms with Crippen molar-refractivity contribution in [1.29, 1.82) is 0 Å². The van der Waals surface area contributed by atoms with Crippen LogP contribution in [-0.4, -0.2) is 8.11 Å². The summed E-state index contributed by atoms with van der Waals surface area (Å²) in [6.45, 7) is 4.15. The van der Waals surface area contributed by atoms with Crippen LogP contribution >= 0.6 is 11.1 Å². The van der Waals surface area contributed by atoms with Crippen molar-refractivity contribution in [1.82, 2.24) is 0 Å². The molecule has 1 unspecified atom stereocenters. The third kappa shape index (κ3) is 2.22. The molecule has 0 heterocycles. The van der Waals surface area contributed by atoms with Crippen LogP contribution in [0.2, 0.25) is 0 Å². The van der Waals surface area contributed by atoms with Crippen molar-refractivity contribution < 1.29 is 0 Å². The maximum absolute atomic E-state index is 6.33.